The van der Waals surface area contributed by atoms with Crippen LogP contribution in [0.4, 0.5) is 5.82 Å². The number of hydrogen-bond donors (Lipinski definition) is 1. The summed E-state index contributed by atoms with van der Waals surface area (Å²) in [6.45, 7) is 11.5. The minimum atomic E-state index is -1.23. The average molecular weight is 493 g/mol. The Bertz CT molecular complexity index is 999. The van der Waals surface area contributed by atoms with Crippen LogP contribution in [0.1, 0.15) is 41.2 Å². The molecule has 10 heteroatoms. The lowest BCUT2D eigenvalue weighted by molar-refractivity contribution is 0.0454. The van der Waals surface area contributed by atoms with E-state index in [1.54, 1.807) is 13.0 Å². The van der Waals surface area contributed by atoms with Crippen molar-refractivity contribution in [2.75, 3.05) is 31.2 Å². The van der Waals surface area contributed by atoms with Gasteiger partial charge in [0.1, 0.15) is 29.5 Å². The van der Waals surface area contributed by atoms with E-state index in [4.69, 9.17) is 21.1 Å². The van der Waals surface area contributed by atoms with Crippen LogP contribution in [-0.2, 0) is 16.2 Å². The standard InChI is InChI=1S/C23H33ClN4O4Si/c1-5-32-23(30)19-11-18(26-28(19)14-31-8-9-33(2,3)4)21(29)17-6-7-20(25-22(17)24)27-12-15-10-16(15)13-27/h6-7,11,15-16,21,29H,5,8-10,12-14H2,1-4H3. The number of ether oxygens (including phenoxy) is 2. The number of nitrogens with zero attached hydrogens (tertiary/aromatic N) is 4. The monoisotopic (exact) mass is 492 g/mol. The van der Waals surface area contributed by atoms with Crippen LogP contribution >= 0.6 is 11.6 Å². The third kappa shape index (κ3) is 5.77. The van der Waals surface area contributed by atoms with Gasteiger partial charge in [-0.05, 0) is 49.4 Å². The lowest BCUT2D eigenvalue weighted by Gasteiger charge is -2.20. The zero-order valence-electron chi connectivity index (χ0n) is 19.8. The molecular formula is C23H33ClN4O4Si. The van der Waals surface area contributed by atoms with Gasteiger partial charge in [-0.1, -0.05) is 31.2 Å². The van der Waals surface area contributed by atoms with Crippen molar-refractivity contribution in [3.8, 4) is 0 Å². The molecule has 1 saturated heterocycles. The van der Waals surface area contributed by atoms with Crippen LogP contribution < -0.4 is 4.90 Å². The van der Waals surface area contributed by atoms with Crippen molar-refractivity contribution < 1.29 is 19.4 Å². The Morgan fingerprint density at radius 2 is 2.03 bits per heavy atom. The van der Waals surface area contributed by atoms with Crippen LogP contribution in [0.5, 0.6) is 0 Å². The minimum Gasteiger partial charge on any atom is -0.461 e. The second kappa shape index (κ2) is 9.73. The summed E-state index contributed by atoms with van der Waals surface area (Å²) in [5.74, 6) is 1.89. The second-order valence-electron chi connectivity index (χ2n) is 10.1. The first kappa shape index (κ1) is 24.2. The maximum absolute atomic E-state index is 12.5. The summed E-state index contributed by atoms with van der Waals surface area (Å²) in [6.07, 6.45) is 0.191. The van der Waals surface area contributed by atoms with Gasteiger partial charge in [0.05, 0.1) is 12.3 Å². The molecule has 3 atom stereocenters. The molecule has 33 heavy (non-hydrogen) atoms. The third-order valence-electron chi connectivity index (χ3n) is 6.23. The molecule has 2 fully saturated rings. The molecule has 0 bridgehead atoms. The fourth-order valence-electron chi connectivity index (χ4n) is 4.13. The van der Waals surface area contributed by atoms with E-state index < -0.39 is 20.1 Å². The van der Waals surface area contributed by atoms with E-state index in [9.17, 15) is 9.90 Å². The fourth-order valence-corrected chi connectivity index (χ4v) is 5.14. The lowest BCUT2D eigenvalue weighted by atomic mass is 10.1. The highest BCUT2D eigenvalue weighted by molar-refractivity contribution is 6.76. The number of rotatable bonds is 10. The highest BCUT2D eigenvalue weighted by Gasteiger charge is 2.45. The molecule has 1 saturated carbocycles. The van der Waals surface area contributed by atoms with Crippen molar-refractivity contribution in [3.05, 3.63) is 40.3 Å². The van der Waals surface area contributed by atoms with Gasteiger partial charge in [0.15, 0.2) is 0 Å². The largest absolute Gasteiger partial charge is 0.461 e. The maximum Gasteiger partial charge on any atom is 0.356 e. The van der Waals surface area contributed by atoms with Crippen LogP contribution in [0, 0.1) is 11.8 Å². The van der Waals surface area contributed by atoms with Gasteiger partial charge in [-0.3, -0.25) is 0 Å². The van der Waals surface area contributed by atoms with E-state index in [1.165, 1.54) is 17.2 Å². The van der Waals surface area contributed by atoms with E-state index in [0.717, 1.165) is 36.8 Å². The third-order valence-corrected chi connectivity index (χ3v) is 8.24. The summed E-state index contributed by atoms with van der Waals surface area (Å²) >= 11 is 6.46. The number of aromatic nitrogens is 3. The highest BCUT2D eigenvalue weighted by Crippen LogP contribution is 2.46. The van der Waals surface area contributed by atoms with Gasteiger partial charge in [0, 0.05) is 33.3 Å². The number of hydrogen-bond acceptors (Lipinski definition) is 7. The summed E-state index contributed by atoms with van der Waals surface area (Å²) in [4.78, 5) is 19.2. The Labute approximate surface area is 200 Å². The first-order valence-corrected chi connectivity index (χ1v) is 15.7. The van der Waals surface area contributed by atoms with Gasteiger partial charge in [0.2, 0.25) is 0 Å². The molecule has 3 unspecified atom stereocenters. The lowest BCUT2D eigenvalue weighted by Crippen LogP contribution is -2.23. The van der Waals surface area contributed by atoms with Gasteiger partial charge in [0.25, 0.3) is 0 Å². The molecule has 180 valence electrons. The molecular weight excluding hydrogens is 460 g/mol. The fraction of sp³-hybridized carbons (Fsp3) is 0.609. The van der Waals surface area contributed by atoms with E-state index >= 15 is 0 Å². The molecule has 2 aromatic heterocycles. The van der Waals surface area contributed by atoms with Crippen LogP contribution in [0.25, 0.3) is 0 Å². The topological polar surface area (TPSA) is 89.7 Å². The molecule has 8 nitrogen and oxygen atoms in total. The van der Waals surface area contributed by atoms with E-state index in [-0.39, 0.29) is 24.2 Å². The number of esters is 1. The number of piperidine rings is 1. The van der Waals surface area contributed by atoms with Gasteiger partial charge in [-0.25, -0.2) is 14.5 Å². The Balaban J connectivity index is 1.50. The predicted molar refractivity (Wildman–Crippen MR) is 129 cm³/mol. The first-order valence-electron chi connectivity index (χ1n) is 11.6. The van der Waals surface area contributed by atoms with Crippen LogP contribution in [0.2, 0.25) is 30.8 Å². The number of halogens is 1. The summed E-state index contributed by atoms with van der Waals surface area (Å²) in [5, 5.41) is 15.7. The predicted octanol–water partition coefficient (Wildman–Crippen LogP) is 3.96. The molecule has 2 aromatic rings. The molecule has 0 aromatic carbocycles. The van der Waals surface area contributed by atoms with Crippen molar-refractivity contribution in [1.82, 2.24) is 14.8 Å². The molecule has 1 aliphatic carbocycles. The average Bonchev–Trinajstić information content (AvgIpc) is 3.16. The number of fused-ring (bicyclic) bond motifs is 1. The summed E-state index contributed by atoms with van der Waals surface area (Å²) in [6, 6.07) is 6.21. The maximum atomic E-state index is 12.5. The molecule has 0 radical (unpaired) electrons. The van der Waals surface area contributed by atoms with Crippen molar-refractivity contribution in [3.63, 3.8) is 0 Å². The number of carbonyl (C=O) groups excluding carboxylic acids is 1. The quantitative estimate of drug-likeness (QED) is 0.232. The molecule has 2 aliphatic rings. The number of aliphatic hydroxyl groups is 1. The van der Waals surface area contributed by atoms with Crippen LogP contribution in [0.3, 0.4) is 0 Å². The van der Waals surface area contributed by atoms with Crippen molar-refractivity contribution in [2.24, 2.45) is 11.8 Å². The Hall–Kier alpha value is -1.94. The van der Waals surface area contributed by atoms with Gasteiger partial charge < -0.3 is 19.5 Å². The summed E-state index contributed by atoms with van der Waals surface area (Å²) in [5.41, 5.74) is 0.978. The molecule has 1 N–H and O–H groups in total. The van der Waals surface area contributed by atoms with Gasteiger partial charge >= 0.3 is 5.97 Å². The van der Waals surface area contributed by atoms with Crippen molar-refractivity contribution in [2.45, 2.75) is 51.9 Å². The smallest absolute Gasteiger partial charge is 0.356 e. The number of anilines is 1. The molecule has 0 amide bonds. The van der Waals surface area contributed by atoms with Crippen LogP contribution in [0.15, 0.2) is 18.2 Å². The zero-order chi connectivity index (χ0) is 23.8. The molecule has 0 spiro atoms. The number of carbonyl (C=O) groups is 1. The van der Waals surface area contributed by atoms with E-state index in [0.29, 0.717) is 17.9 Å². The van der Waals surface area contributed by atoms with Gasteiger partial charge in [-0.2, -0.15) is 5.10 Å². The Morgan fingerprint density at radius 1 is 1.30 bits per heavy atom. The SMILES string of the molecule is CCOC(=O)c1cc(C(O)c2ccc(N3CC4CC4C3)nc2Cl)nn1COCC[Si](C)(C)C. The van der Waals surface area contributed by atoms with Crippen molar-refractivity contribution >= 4 is 31.5 Å². The van der Waals surface area contributed by atoms with Crippen molar-refractivity contribution in [1.29, 1.82) is 0 Å². The second-order valence-corrected chi connectivity index (χ2v) is 16.1. The summed E-state index contributed by atoms with van der Waals surface area (Å²) in [7, 11) is -1.23. The summed E-state index contributed by atoms with van der Waals surface area (Å²) < 4.78 is 12.4. The normalized spacial score (nSPS) is 20.6. The van der Waals surface area contributed by atoms with Gasteiger partial charge in [-0.15, -0.1) is 0 Å². The Kier molecular flexibility index (Phi) is 7.14. The van der Waals surface area contributed by atoms with Crippen LogP contribution in [-0.4, -0.2) is 60.2 Å². The highest BCUT2D eigenvalue weighted by atomic mass is 35.5. The number of pyridine rings is 1. The van der Waals surface area contributed by atoms with E-state index in [2.05, 4.69) is 34.6 Å². The Morgan fingerprint density at radius 3 is 2.67 bits per heavy atom. The molecule has 1 aliphatic heterocycles. The minimum absolute atomic E-state index is 0.105. The molecule has 4 rings (SSSR count). The first-order chi connectivity index (χ1) is 15.7. The molecule has 3 heterocycles. The zero-order valence-corrected chi connectivity index (χ0v) is 21.5. The number of aliphatic hydroxyl groups excluding tert-OH is 1. The van der Waals surface area contributed by atoms with E-state index in [1.807, 2.05) is 6.07 Å².